The van der Waals surface area contributed by atoms with E-state index in [-0.39, 0.29) is 0 Å². The summed E-state index contributed by atoms with van der Waals surface area (Å²) >= 11 is 5.96. The Morgan fingerprint density at radius 1 is 1.00 bits per heavy atom. The summed E-state index contributed by atoms with van der Waals surface area (Å²) in [6.07, 6.45) is 10.2. The average molecular weight is 394 g/mol. The molecule has 144 valence electrons. The molecule has 0 bridgehead atoms. The van der Waals surface area contributed by atoms with Crippen LogP contribution in [0.4, 0.5) is 5.82 Å². The summed E-state index contributed by atoms with van der Waals surface area (Å²) in [6.45, 7) is 0. The van der Waals surface area contributed by atoms with E-state index in [1.54, 1.807) is 7.11 Å². The number of benzene rings is 2. The minimum absolute atomic E-state index is 0.464. The van der Waals surface area contributed by atoms with E-state index in [1.165, 1.54) is 32.1 Å². The molecule has 0 radical (unpaired) electrons. The fourth-order valence-electron chi connectivity index (χ4n) is 3.62. The predicted molar refractivity (Wildman–Crippen MR) is 117 cm³/mol. The molecule has 4 nitrogen and oxygen atoms in total. The van der Waals surface area contributed by atoms with Gasteiger partial charge in [-0.3, -0.25) is 0 Å². The number of ether oxygens (including phenoxy) is 1. The lowest BCUT2D eigenvalue weighted by Crippen LogP contribution is -2.23. The number of anilines is 1. The second kappa shape index (κ2) is 8.61. The zero-order chi connectivity index (χ0) is 19.3. The summed E-state index contributed by atoms with van der Waals surface area (Å²) in [6, 6.07) is 14.1. The average Bonchev–Trinajstić information content (AvgIpc) is 2.74. The zero-order valence-corrected chi connectivity index (χ0v) is 16.7. The largest absolute Gasteiger partial charge is 0.497 e. The molecule has 1 aliphatic carbocycles. The van der Waals surface area contributed by atoms with Crippen LogP contribution in [-0.2, 0) is 0 Å². The van der Waals surface area contributed by atoms with Crippen molar-refractivity contribution in [2.75, 3.05) is 12.4 Å². The second-order valence-corrected chi connectivity index (χ2v) is 7.61. The van der Waals surface area contributed by atoms with Gasteiger partial charge in [-0.15, -0.1) is 0 Å². The Bertz CT molecular complexity index is 979. The lowest BCUT2D eigenvalue weighted by atomic mass is 9.95. The number of fused-ring (bicyclic) bond motifs is 1. The van der Waals surface area contributed by atoms with Crippen LogP contribution in [0.1, 0.15) is 43.5 Å². The molecule has 4 rings (SSSR count). The molecule has 0 atom stereocenters. The van der Waals surface area contributed by atoms with E-state index in [1.807, 2.05) is 54.6 Å². The first-order chi connectivity index (χ1) is 13.7. The molecule has 2 aromatic carbocycles. The quantitative estimate of drug-likeness (QED) is 0.560. The van der Waals surface area contributed by atoms with Gasteiger partial charge in [0.2, 0.25) is 0 Å². The molecule has 0 amide bonds. The van der Waals surface area contributed by atoms with Crippen LogP contribution in [0.5, 0.6) is 5.75 Å². The summed E-state index contributed by atoms with van der Waals surface area (Å²) in [5, 5.41) is 5.39. The van der Waals surface area contributed by atoms with Crippen molar-refractivity contribution in [1.29, 1.82) is 0 Å². The number of rotatable bonds is 5. The molecule has 0 aliphatic heterocycles. The van der Waals surface area contributed by atoms with Crippen molar-refractivity contribution in [3.8, 4) is 5.75 Å². The van der Waals surface area contributed by atoms with Crippen molar-refractivity contribution in [2.24, 2.45) is 0 Å². The van der Waals surface area contributed by atoms with Gasteiger partial charge in [-0.25, -0.2) is 9.97 Å². The highest BCUT2D eigenvalue weighted by atomic mass is 35.5. The minimum Gasteiger partial charge on any atom is -0.497 e. The summed E-state index contributed by atoms with van der Waals surface area (Å²) in [4.78, 5) is 9.53. The number of methoxy groups -OCH3 is 1. The monoisotopic (exact) mass is 393 g/mol. The summed E-state index contributed by atoms with van der Waals surface area (Å²) in [7, 11) is 1.68. The van der Waals surface area contributed by atoms with E-state index in [0.717, 1.165) is 33.1 Å². The Labute approximate surface area is 170 Å². The van der Waals surface area contributed by atoms with Gasteiger partial charge < -0.3 is 10.1 Å². The van der Waals surface area contributed by atoms with Crippen LogP contribution in [0.3, 0.4) is 0 Å². The van der Waals surface area contributed by atoms with Crippen LogP contribution in [0, 0.1) is 0 Å². The Hall–Kier alpha value is -2.59. The lowest BCUT2D eigenvalue weighted by molar-refractivity contribution is 0.415. The smallest absolute Gasteiger partial charge is 0.154 e. The number of nitrogens with one attached hydrogen (secondary N) is 1. The predicted octanol–water partition coefficient (Wildman–Crippen LogP) is 6.21. The number of aromatic nitrogens is 2. The maximum Gasteiger partial charge on any atom is 0.154 e. The first-order valence-electron chi connectivity index (χ1n) is 9.77. The molecule has 1 aliphatic rings. The standard InChI is InChI=1S/C23H24ClN3O/c1-28-19-12-13-21-20(15-19)23(25-18-5-3-2-4-6-18)27-22(26-21)14-9-16-7-10-17(24)11-8-16/h7-15,18H,2-6H2,1H3,(H,25,26,27). The van der Waals surface area contributed by atoms with E-state index in [9.17, 15) is 0 Å². The van der Waals surface area contributed by atoms with Gasteiger partial charge >= 0.3 is 0 Å². The Kier molecular flexibility index (Phi) is 5.77. The Morgan fingerprint density at radius 2 is 1.79 bits per heavy atom. The van der Waals surface area contributed by atoms with Crippen LogP contribution in [0.2, 0.25) is 5.02 Å². The number of hydrogen-bond acceptors (Lipinski definition) is 4. The Morgan fingerprint density at radius 3 is 2.54 bits per heavy atom. The van der Waals surface area contributed by atoms with Gasteiger partial charge in [-0.2, -0.15) is 0 Å². The highest BCUT2D eigenvalue weighted by Gasteiger charge is 2.16. The summed E-state index contributed by atoms with van der Waals surface area (Å²) in [5.74, 6) is 2.38. The van der Waals surface area contributed by atoms with Crippen molar-refractivity contribution in [2.45, 2.75) is 38.1 Å². The molecule has 1 heterocycles. The van der Waals surface area contributed by atoms with Gasteiger partial charge in [0, 0.05) is 16.5 Å². The van der Waals surface area contributed by atoms with E-state index >= 15 is 0 Å². The van der Waals surface area contributed by atoms with Crippen LogP contribution in [0.15, 0.2) is 42.5 Å². The summed E-state index contributed by atoms with van der Waals surface area (Å²) in [5.41, 5.74) is 1.97. The molecule has 1 aromatic heterocycles. The van der Waals surface area contributed by atoms with E-state index < -0.39 is 0 Å². The maximum absolute atomic E-state index is 5.96. The molecule has 3 aromatic rings. The van der Waals surface area contributed by atoms with E-state index in [4.69, 9.17) is 26.3 Å². The SMILES string of the molecule is COc1ccc2nc(C=Cc3ccc(Cl)cc3)nc(NC3CCCCC3)c2c1. The van der Waals surface area contributed by atoms with Gasteiger partial charge in [-0.1, -0.05) is 49.1 Å². The molecule has 5 heteroatoms. The van der Waals surface area contributed by atoms with Gasteiger partial charge in [-0.05, 0) is 54.8 Å². The first kappa shape index (κ1) is 18.8. The number of nitrogens with zero attached hydrogens (tertiary/aromatic N) is 2. The third-order valence-corrected chi connectivity index (χ3v) is 5.41. The van der Waals surface area contributed by atoms with Crippen molar-refractivity contribution in [3.05, 3.63) is 58.9 Å². The fraction of sp³-hybridized carbons (Fsp3) is 0.304. The first-order valence-corrected chi connectivity index (χ1v) is 10.1. The molecule has 1 N–H and O–H groups in total. The van der Waals surface area contributed by atoms with Gasteiger partial charge in [0.25, 0.3) is 0 Å². The van der Waals surface area contributed by atoms with Crippen LogP contribution >= 0.6 is 11.6 Å². The fourth-order valence-corrected chi connectivity index (χ4v) is 3.75. The molecule has 1 saturated carbocycles. The highest BCUT2D eigenvalue weighted by molar-refractivity contribution is 6.30. The molecule has 1 fully saturated rings. The third-order valence-electron chi connectivity index (χ3n) is 5.16. The van der Waals surface area contributed by atoms with E-state index in [0.29, 0.717) is 11.9 Å². The highest BCUT2D eigenvalue weighted by Crippen LogP contribution is 2.28. The van der Waals surface area contributed by atoms with Gasteiger partial charge in [0.05, 0.1) is 12.6 Å². The minimum atomic E-state index is 0.464. The molecular formula is C23H24ClN3O. The van der Waals surface area contributed by atoms with Crippen molar-refractivity contribution < 1.29 is 4.74 Å². The van der Waals surface area contributed by atoms with Gasteiger partial charge in [0.1, 0.15) is 11.6 Å². The van der Waals surface area contributed by atoms with Crippen molar-refractivity contribution in [3.63, 3.8) is 0 Å². The van der Waals surface area contributed by atoms with E-state index in [2.05, 4.69) is 5.32 Å². The number of halogens is 1. The molecule has 0 unspecified atom stereocenters. The normalized spacial score (nSPS) is 15.2. The van der Waals surface area contributed by atoms with Crippen LogP contribution < -0.4 is 10.1 Å². The third kappa shape index (κ3) is 4.45. The lowest BCUT2D eigenvalue weighted by Gasteiger charge is -2.24. The maximum atomic E-state index is 5.96. The number of hydrogen-bond donors (Lipinski definition) is 1. The summed E-state index contributed by atoms with van der Waals surface area (Å²) < 4.78 is 5.40. The Balaban J connectivity index is 1.69. The molecule has 0 saturated heterocycles. The zero-order valence-electron chi connectivity index (χ0n) is 16.0. The van der Waals surface area contributed by atoms with Crippen LogP contribution in [0.25, 0.3) is 23.1 Å². The topological polar surface area (TPSA) is 47.0 Å². The van der Waals surface area contributed by atoms with Gasteiger partial charge in [0.15, 0.2) is 5.82 Å². The molecule has 0 spiro atoms. The molecule has 28 heavy (non-hydrogen) atoms. The van der Waals surface area contributed by atoms with Crippen molar-refractivity contribution >= 4 is 40.5 Å². The second-order valence-electron chi connectivity index (χ2n) is 7.18. The molecular weight excluding hydrogens is 370 g/mol. The van der Waals surface area contributed by atoms with Crippen molar-refractivity contribution in [1.82, 2.24) is 9.97 Å². The van der Waals surface area contributed by atoms with Crippen LogP contribution in [-0.4, -0.2) is 23.1 Å².